The lowest BCUT2D eigenvalue weighted by molar-refractivity contribution is 0.424. The SMILES string of the molecule is Cc1cccc(F)c1S(=O)(=O)N1CC2CCC(N)C2C1.Cl. The summed E-state index contributed by atoms with van der Waals surface area (Å²) in [6.07, 6.45) is 1.93. The Bertz CT molecular complexity index is 618. The third-order valence-corrected chi connectivity index (χ3v) is 6.65. The van der Waals surface area contributed by atoms with Crippen molar-refractivity contribution >= 4 is 22.4 Å². The lowest BCUT2D eigenvalue weighted by Crippen LogP contribution is -2.34. The van der Waals surface area contributed by atoms with E-state index < -0.39 is 15.8 Å². The number of rotatable bonds is 2. The molecule has 4 nitrogen and oxygen atoms in total. The van der Waals surface area contributed by atoms with Crippen molar-refractivity contribution in [2.24, 2.45) is 17.6 Å². The minimum absolute atomic E-state index is 0. The summed E-state index contributed by atoms with van der Waals surface area (Å²) in [6.45, 7) is 2.51. The second-order valence-electron chi connectivity index (χ2n) is 5.87. The van der Waals surface area contributed by atoms with Gasteiger partial charge in [-0.25, -0.2) is 12.8 Å². The largest absolute Gasteiger partial charge is 0.327 e. The second kappa shape index (κ2) is 5.83. The van der Waals surface area contributed by atoms with Gasteiger partial charge in [0.25, 0.3) is 0 Å². The molecule has 0 aromatic heterocycles. The summed E-state index contributed by atoms with van der Waals surface area (Å²) in [5.41, 5.74) is 6.48. The highest BCUT2D eigenvalue weighted by Gasteiger charge is 2.45. The highest BCUT2D eigenvalue weighted by atomic mass is 35.5. The zero-order valence-electron chi connectivity index (χ0n) is 11.8. The van der Waals surface area contributed by atoms with E-state index in [9.17, 15) is 12.8 Å². The van der Waals surface area contributed by atoms with E-state index in [0.717, 1.165) is 12.8 Å². The van der Waals surface area contributed by atoms with Crippen molar-refractivity contribution in [3.05, 3.63) is 29.6 Å². The van der Waals surface area contributed by atoms with Crippen LogP contribution in [0, 0.1) is 24.6 Å². The average Bonchev–Trinajstić information content (AvgIpc) is 2.92. The molecule has 2 aliphatic rings. The van der Waals surface area contributed by atoms with Crippen molar-refractivity contribution in [2.75, 3.05) is 13.1 Å². The minimum atomic E-state index is -3.76. The molecule has 1 heterocycles. The number of nitrogens with zero attached hydrogens (tertiary/aromatic N) is 1. The van der Waals surface area contributed by atoms with Crippen LogP contribution in [0.3, 0.4) is 0 Å². The van der Waals surface area contributed by atoms with Gasteiger partial charge in [0.05, 0.1) is 0 Å². The summed E-state index contributed by atoms with van der Waals surface area (Å²) in [7, 11) is -3.76. The van der Waals surface area contributed by atoms with Crippen molar-refractivity contribution in [1.82, 2.24) is 4.31 Å². The van der Waals surface area contributed by atoms with Crippen molar-refractivity contribution in [3.8, 4) is 0 Å². The highest BCUT2D eigenvalue weighted by molar-refractivity contribution is 7.89. The molecule has 118 valence electrons. The van der Waals surface area contributed by atoms with Gasteiger partial charge in [0.15, 0.2) is 0 Å². The zero-order chi connectivity index (χ0) is 14.5. The van der Waals surface area contributed by atoms with Crippen LogP contribution < -0.4 is 5.73 Å². The second-order valence-corrected chi connectivity index (χ2v) is 7.75. The molecule has 2 fully saturated rings. The van der Waals surface area contributed by atoms with Gasteiger partial charge in [0.2, 0.25) is 10.0 Å². The maximum Gasteiger partial charge on any atom is 0.246 e. The van der Waals surface area contributed by atoms with Crippen LogP contribution in [0.2, 0.25) is 0 Å². The minimum Gasteiger partial charge on any atom is -0.327 e. The number of sulfonamides is 1. The number of aryl methyl sites for hydroxylation is 1. The van der Waals surface area contributed by atoms with Crippen LogP contribution in [0.1, 0.15) is 18.4 Å². The summed E-state index contributed by atoms with van der Waals surface area (Å²) in [5.74, 6) is -0.130. The van der Waals surface area contributed by atoms with Gasteiger partial charge in [-0.3, -0.25) is 0 Å². The maximum atomic E-state index is 13.9. The van der Waals surface area contributed by atoms with Crippen LogP contribution >= 0.6 is 12.4 Å². The molecule has 1 aliphatic heterocycles. The van der Waals surface area contributed by atoms with Crippen LogP contribution in [0.15, 0.2) is 23.1 Å². The molecular formula is C14H20ClFN2O2S. The quantitative estimate of drug-likeness (QED) is 0.898. The third kappa shape index (κ3) is 2.70. The van der Waals surface area contributed by atoms with E-state index in [1.165, 1.54) is 16.4 Å². The van der Waals surface area contributed by atoms with Gasteiger partial charge in [-0.2, -0.15) is 4.31 Å². The molecule has 2 N–H and O–H groups in total. The van der Waals surface area contributed by atoms with E-state index in [1.54, 1.807) is 13.0 Å². The fourth-order valence-electron chi connectivity index (χ4n) is 3.54. The molecule has 21 heavy (non-hydrogen) atoms. The van der Waals surface area contributed by atoms with Crippen molar-refractivity contribution < 1.29 is 12.8 Å². The number of hydrogen-bond donors (Lipinski definition) is 1. The van der Waals surface area contributed by atoms with E-state index in [4.69, 9.17) is 5.73 Å². The predicted molar refractivity (Wildman–Crippen MR) is 81.3 cm³/mol. The van der Waals surface area contributed by atoms with Gasteiger partial charge >= 0.3 is 0 Å². The lowest BCUT2D eigenvalue weighted by Gasteiger charge is -2.20. The Morgan fingerprint density at radius 1 is 1.29 bits per heavy atom. The number of halogens is 2. The van der Waals surface area contributed by atoms with Crippen LogP contribution in [0.25, 0.3) is 0 Å². The normalized spacial score (nSPS) is 29.2. The van der Waals surface area contributed by atoms with Gasteiger partial charge in [-0.1, -0.05) is 12.1 Å². The fourth-order valence-corrected chi connectivity index (χ4v) is 5.34. The molecule has 7 heteroatoms. The molecule has 3 rings (SSSR count). The Balaban J connectivity index is 0.00000161. The van der Waals surface area contributed by atoms with Gasteiger partial charge < -0.3 is 5.73 Å². The highest BCUT2D eigenvalue weighted by Crippen LogP contribution is 2.39. The van der Waals surface area contributed by atoms with Gasteiger partial charge in [-0.05, 0) is 43.2 Å². The van der Waals surface area contributed by atoms with Crippen LogP contribution in [-0.4, -0.2) is 31.9 Å². The summed E-state index contributed by atoms with van der Waals surface area (Å²) < 4.78 is 40.7. The Morgan fingerprint density at radius 3 is 2.62 bits per heavy atom. The Morgan fingerprint density at radius 2 is 2.00 bits per heavy atom. The van der Waals surface area contributed by atoms with E-state index in [2.05, 4.69) is 0 Å². The zero-order valence-corrected chi connectivity index (χ0v) is 13.5. The van der Waals surface area contributed by atoms with Gasteiger partial charge in [-0.15, -0.1) is 12.4 Å². The monoisotopic (exact) mass is 334 g/mol. The number of benzene rings is 1. The van der Waals surface area contributed by atoms with Crippen molar-refractivity contribution in [2.45, 2.75) is 30.7 Å². The first-order valence-electron chi connectivity index (χ1n) is 6.92. The summed E-state index contributed by atoms with van der Waals surface area (Å²) in [6, 6.07) is 4.42. The molecule has 0 amide bonds. The first-order valence-corrected chi connectivity index (χ1v) is 8.36. The standard InChI is InChI=1S/C14H19FN2O2S.ClH/c1-9-3-2-4-12(15)14(9)20(18,19)17-7-10-5-6-13(16)11(10)8-17;/h2-4,10-11,13H,5-8,16H2,1H3;1H. The summed E-state index contributed by atoms with van der Waals surface area (Å²) in [4.78, 5) is -0.187. The van der Waals surface area contributed by atoms with Crippen LogP contribution in [-0.2, 0) is 10.0 Å². The topological polar surface area (TPSA) is 63.4 Å². The molecule has 1 aromatic carbocycles. The molecule has 0 radical (unpaired) electrons. The van der Waals surface area contributed by atoms with E-state index >= 15 is 0 Å². The number of fused-ring (bicyclic) bond motifs is 1. The molecule has 3 atom stereocenters. The molecule has 0 spiro atoms. The first-order chi connectivity index (χ1) is 9.41. The molecule has 1 saturated heterocycles. The lowest BCUT2D eigenvalue weighted by atomic mass is 9.98. The number of hydrogen-bond acceptors (Lipinski definition) is 3. The third-order valence-electron chi connectivity index (χ3n) is 4.64. The molecule has 1 aromatic rings. The Hall–Kier alpha value is -0.690. The van der Waals surface area contributed by atoms with Crippen molar-refractivity contribution in [1.29, 1.82) is 0 Å². The van der Waals surface area contributed by atoms with Crippen LogP contribution in [0.4, 0.5) is 4.39 Å². The molecule has 1 saturated carbocycles. The predicted octanol–water partition coefficient (Wildman–Crippen LogP) is 1.91. The number of nitrogens with two attached hydrogens (primary N) is 1. The maximum absolute atomic E-state index is 13.9. The smallest absolute Gasteiger partial charge is 0.246 e. The van der Waals surface area contributed by atoms with E-state index in [0.29, 0.717) is 24.6 Å². The summed E-state index contributed by atoms with van der Waals surface area (Å²) in [5, 5.41) is 0. The average molecular weight is 335 g/mol. The first kappa shape index (κ1) is 16.7. The van der Waals surface area contributed by atoms with Crippen molar-refractivity contribution in [3.63, 3.8) is 0 Å². The molecule has 0 bridgehead atoms. The molecule has 1 aliphatic carbocycles. The fraction of sp³-hybridized carbons (Fsp3) is 0.571. The molecule has 3 unspecified atom stereocenters. The Kier molecular flexibility index (Phi) is 4.63. The molecular weight excluding hydrogens is 315 g/mol. The Labute approximate surface area is 131 Å². The van der Waals surface area contributed by atoms with Crippen LogP contribution in [0.5, 0.6) is 0 Å². The van der Waals surface area contributed by atoms with Gasteiger partial charge in [0.1, 0.15) is 10.7 Å². The van der Waals surface area contributed by atoms with Gasteiger partial charge in [0, 0.05) is 19.1 Å². The van der Waals surface area contributed by atoms with E-state index in [1.807, 2.05) is 0 Å². The van der Waals surface area contributed by atoms with E-state index in [-0.39, 0.29) is 29.3 Å². The summed E-state index contributed by atoms with van der Waals surface area (Å²) >= 11 is 0.